The summed E-state index contributed by atoms with van der Waals surface area (Å²) >= 11 is 1.87. The van der Waals surface area contributed by atoms with Crippen LogP contribution in [0, 0.1) is 3.57 Å². The molecule has 1 N–H and O–H groups in total. The monoisotopic (exact) mass is 394 g/mol. The molecule has 7 heteroatoms. The second kappa shape index (κ2) is 5.55. The molecule has 1 aromatic carbocycles. The molecule has 0 amide bonds. The maximum Gasteiger partial charge on any atom is 0.416 e. The van der Waals surface area contributed by atoms with E-state index in [1.807, 2.05) is 29.5 Å². The van der Waals surface area contributed by atoms with E-state index in [0.717, 1.165) is 12.1 Å². The molecule has 0 fully saturated rings. The van der Waals surface area contributed by atoms with Crippen LogP contribution in [-0.2, 0) is 12.6 Å². The zero-order chi connectivity index (χ0) is 14.9. The second-order valence-corrected chi connectivity index (χ2v) is 5.19. The molecule has 0 aliphatic carbocycles. The molecule has 0 aliphatic rings. The molecule has 0 bridgehead atoms. The van der Waals surface area contributed by atoms with Crippen LogP contribution in [0.25, 0.3) is 11.4 Å². The molecule has 0 saturated heterocycles. The van der Waals surface area contributed by atoms with Crippen LogP contribution in [0.3, 0.4) is 0 Å². The number of halogens is 4. The van der Waals surface area contributed by atoms with Crippen molar-refractivity contribution in [1.82, 2.24) is 9.97 Å². The Labute approximate surface area is 126 Å². The topological polar surface area (TPSA) is 45.8 Å². The summed E-state index contributed by atoms with van der Waals surface area (Å²) in [5, 5.41) is 0. The zero-order valence-corrected chi connectivity index (χ0v) is 12.5. The summed E-state index contributed by atoms with van der Waals surface area (Å²) in [6, 6.07) is 4.74. The highest BCUT2D eigenvalue weighted by Crippen LogP contribution is 2.31. The van der Waals surface area contributed by atoms with Gasteiger partial charge in [-0.3, -0.25) is 4.79 Å². The second-order valence-electron chi connectivity index (χ2n) is 4.11. The zero-order valence-electron chi connectivity index (χ0n) is 10.4. The van der Waals surface area contributed by atoms with Gasteiger partial charge in [-0.25, -0.2) is 4.98 Å². The van der Waals surface area contributed by atoms with Gasteiger partial charge in [-0.2, -0.15) is 13.2 Å². The van der Waals surface area contributed by atoms with Crippen LogP contribution in [-0.4, -0.2) is 9.97 Å². The molecule has 106 valence electrons. The fourth-order valence-corrected chi connectivity index (χ4v) is 2.36. The van der Waals surface area contributed by atoms with Gasteiger partial charge < -0.3 is 4.98 Å². The van der Waals surface area contributed by atoms with Gasteiger partial charge in [0.05, 0.1) is 14.8 Å². The van der Waals surface area contributed by atoms with Crippen LogP contribution in [0.15, 0.2) is 29.1 Å². The quantitative estimate of drug-likeness (QED) is 0.792. The van der Waals surface area contributed by atoms with E-state index in [4.69, 9.17) is 0 Å². The number of hydrogen-bond donors (Lipinski definition) is 1. The number of nitrogens with zero attached hydrogens (tertiary/aromatic N) is 1. The van der Waals surface area contributed by atoms with Crippen molar-refractivity contribution in [3.63, 3.8) is 0 Å². The van der Waals surface area contributed by atoms with Crippen molar-refractivity contribution in [3.05, 3.63) is 49.4 Å². The van der Waals surface area contributed by atoms with Gasteiger partial charge in [0.15, 0.2) is 0 Å². The van der Waals surface area contributed by atoms with Crippen molar-refractivity contribution in [2.45, 2.75) is 19.5 Å². The summed E-state index contributed by atoms with van der Waals surface area (Å²) < 4.78 is 38.5. The van der Waals surface area contributed by atoms with Crippen LogP contribution in [0.5, 0.6) is 0 Å². The van der Waals surface area contributed by atoms with Gasteiger partial charge in [-0.15, -0.1) is 0 Å². The minimum absolute atomic E-state index is 0.151. The predicted octanol–water partition coefficient (Wildman–Crippen LogP) is 3.62. The largest absolute Gasteiger partial charge is 0.416 e. The molecular weight excluding hydrogens is 384 g/mol. The molecule has 3 nitrogen and oxygen atoms in total. The summed E-state index contributed by atoms with van der Waals surface area (Å²) in [6.45, 7) is 1.83. The molecule has 1 heterocycles. The average Bonchev–Trinajstić information content (AvgIpc) is 2.41. The molecule has 2 aromatic rings. The lowest BCUT2D eigenvalue weighted by molar-refractivity contribution is -0.137. The Bertz CT molecular complexity index is 695. The summed E-state index contributed by atoms with van der Waals surface area (Å²) in [4.78, 5) is 18.5. The molecule has 0 atom stereocenters. The Morgan fingerprint density at radius 2 is 2.05 bits per heavy atom. The average molecular weight is 394 g/mol. The van der Waals surface area contributed by atoms with E-state index < -0.39 is 11.7 Å². The Morgan fingerprint density at radius 1 is 1.35 bits per heavy atom. The fraction of sp³-hybridized carbons (Fsp3) is 0.231. The van der Waals surface area contributed by atoms with Gasteiger partial charge >= 0.3 is 6.18 Å². The number of rotatable bonds is 2. The first-order valence-electron chi connectivity index (χ1n) is 5.79. The number of alkyl halides is 3. The minimum atomic E-state index is -4.42. The lowest BCUT2D eigenvalue weighted by atomic mass is 10.1. The molecule has 0 aliphatic heterocycles. The van der Waals surface area contributed by atoms with Crippen molar-refractivity contribution in [3.8, 4) is 11.4 Å². The van der Waals surface area contributed by atoms with Crippen molar-refractivity contribution in [1.29, 1.82) is 0 Å². The van der Waals surface area contributed by atoms with E-state index in [-0.39, 0.29) is 16.9 Å². The lowest BCUT2D eigenvalue weighted by Gasteiger charge is -2.09. The van der Waals surface area contributed by atoms with E-state index in [1.165, 1.54) is 12.1 Å². The van der Waals surface area contributed by atoms with E-state index >= 15 is 0 Å². The smallest absolute Gasteiger partial charge is 0.306 e. The Balaban J connectivity index is 2.58. The van der Waals surface area contributed by atoms with E-state index in [9.17, 15) is 18.0 Å². The highest BCUT2D eigenvalue weighted by molar-refractivity contribution is 14.1. The Morgan fingerprint density at radius 3 is 2.65 bits per heavy atom. The standard InChI is InChI=1S/C13H10F3IN2O/c1-2-9-10(17)12(20)19-11(18-9)7-4-3-5-8(6-7)13(14,15)16/h3-6H,2H2,1H3,(H,18,19,20). The first-order valence-corrected chi connectivity index (χ1v) is 6.87. The number of aryl methyl sites for hydroxylation is 1. The lowest BCUT2D eigenvalue weighted by Crippen LogP contribution is -2.16. The molecular formula is C13H10F3IN2O. The van der Waals surface area contributed by atoms with Crippen LogP contribution in [0.2, 0.25) is 0 Å². The van der Waals surface area contributed by atoms with Crippen LogP contribution in [0.1, 0.15) is 18.2 Å². The number of nitrogens with one attached hydrogen (secondary N) is 1. The third-order valence-corrected chi connectivity index (χ3v) is 3.84. The Hall–Kier alpha value is -1.38. The van der Waals surface area contributed by atoms with E-state index in [2.05, 4.69) is 9.97 Å². The van der Waals surface area contributed by atoms with Crippen molar-refractivity contribution in [2.75, 3.05) is 0 Å². The summed E-state index contributed by atoms with van der Waals surface area (Å²) in [5.74, 6) is 0.151. The normalized spacial score (nSPS) is 11.7. The first kappa shape index (κ1) is 15.0. The minimum Gasteiger partial charge on any atom is -0.306 e. The summed E-state index contributed by atoms with van der Waals surface area (Å²) in [5.41, 5.74) is -0.302. The molecule has 0 radical (unpaired) electrons. The highest BCUT2D eigenvalue weighted by atomic mass is 127. The van der Waals surface area contributed by atoms with Gasteiger partial charge in [0.2, 0.25) is 0 Å². The molecule has 20 heavy (non-hydrogen) atoms. The number of benzene rings is 1. The van der Waals surface area contributed by atoms with Gasteiger partial charge in [0, 0.05) is 5.56 Å². The molecule has 0 spiro atoms. The summed E-state index contributed by atoms with van der Waals surface area (Å²) in [6.07, 6.45) is -3.89. The third kappa shape index (κ3) is 3.02. The Kier molecular flexibility index (Phi) is 4.17. The third-order valence-electron chi connectivity index (χ3n) is 2.73. The molecule has 0 unspecified atom stereocenters. The maximum absolute atomic E-state index is 12.7. The van der Waals surface area contributed by atoms with Crippen molar-refractivity contribution < 1.29 is 13.2 Å². The van der Waals surface area contributed by atoms with Gasteiger partial charge in [0.25, 0.3) is 5.56 Å². The number of aromatic amines is 1. The SMILES string of the molecule is CCc1nc(-c2cccc(C(F)(F)F)c2)[nH]c(=O)c1I. The number of H-pyrrole nitrogens is 1. The predicted molar refractivity (Wildman–Crippen MR) is 77.4 cm³/mol. The number of aromatic nitrogens is 2. The molecule has 1 aromatic heterocycles. The van der Waals surface area contributed by atoms with Crippen molar-refractivity contribution in [2.24, 2.45) is 0 Å². The maximum atomic E-state index is 12.7. The van der Waals surface area contributed by atoms with E-state index in [0.29, 0.717) is 15.7 Å². The molecule has 0 saturated carbocycles. The van der Waals surface area contributed by atoms with Crippen molar-refractivity contribution >= 4 is 22.6 Å². The summed E-state index contributed by atoms with van der Waals surface area (Å²) in [7, 11) is 0. The van der Waals surface area contributed by atoms with Gasteiger partial charge in [0.1, 0.15) is 5.82 Å². The molecule has 2 rings (SSSR count). The fourth-order valence-electron chi connectivity index (χ4n) is 1.72. The highest BCUT2D eigenvalue weighted by Gasteiger charge is 2.30. The van der Waals surface area contributed by atoms with Crippen LogP contribution in [0.4, 0.5) is 13.2 Å². The van der Waals surface area contributed by atoms with Crippen LogP contribution >= 0.6 is 22.6 Å². The first-order chi connectivity index (χ1) is 9.32. The number of hydrogen-bond acceptors (Lipinski definition) is 2. The van der Waals surface area contributed by atoms with Gasteiger partial charge in [-0.05, 0) is 41.1 Å². The van der Waals surface area contributed by atoms with Gasteiger partial charge in [-0.1, -0.05) is 19.1 Å². The van der Waals surface area contributed by atoms with Crippen LogP contribution < -0.4 is 5.56 Å². The van der Waals surface area contributed by atoms with E-state index in [1.54, 1.807) is 0 Å².